The van der Waals surface area contributed by atoms with Crippen molar-refractivity contribution in [3.05, 3.63) is 58.1 Å². The number of amides is 2. The number of hydrogen-bond acceptors (Lipinski definition) is 3. The van der Waals surface area contributed by atoms with E-state index in [2.05, 4.69) is 5.32 Å². The van der Waals surface area contributed by atoms with Gasteiger partial charge in [0.2, 0.25) is 11.8 Å². The number of alkyl halides is 3. The third-order valence-corrected chi connectivity index (χ3v) is 5.06. The molecule has 0 saturated carbocycles. The number of nitrogens with one attached hydrogen (secondary N) is 2. The van der Waals surface area contributed by atoms with Gasteiger partial charge < -0.3 is 15.4 Å². The standard InChI is InChI=1S/C20H17Cl2F3N2O3/c21-12-2-1-3-14(8-12)30-16-9-13(22)5-4-11(16)10-26-18(28)15-6-7-17(20(23,24)25)27-19(15)29/h1-5,8-9,15,17H,6-7,10H2,(H,26,28)(H,27,29). The number of rotatable bonds is 5. The lowest BCUT2D eigenvalue weighted by Crippen LogP contribution is -2.54. The predicted octanol–water partition coefficient (Wildman–Crippen LogP) is 4.86. The van der Waals surface area contributed by atoms with Crippen LogP contribution in [-0.2, 0) is 16.1 Å². The molecular formula is C20H17Cl2F3N2O3. The van der Waals surface area contributed by atoms with Gasteiger partial charge in [-0.25, -0.2) is 0 Å². The summed E-state index contributed by atoms with van der Waals surface area (Å²) in [5, 5.41) is 5.33. The molecular weight excluding hydrogens is 444 g/mol. The highest BCUT2D eigenvalue weighted by atomic mass is 35.5. The fourth-order valence-corrected chi connectivity index (χ4v) is 3.38. The second-order valence-electron chi connectivity index (χ2n) is 6.76. The Balaban J connectivity index is 1.66. The topological polar surface area (TPSA) is 67.4 Å². The molecule has 160 valence electrons. The van der Waals surface area contributed by atoms with E-state index in [-0.39, 0.29) is 19.4 Å². The van der Waals surface area contributed by atoms with Gasteiger partial charge in [0.1, 0.15) is 23.5 Å². The minimum Gasteiger partial charge on any atom is -0.457 e. The largest absolute Gasteiger partial charge is 0.457 e. The highest BCUT2D eigenvalue weighted by Crippen LogP contribution is 2.31. The van der Waals surface area contributed by atoms with Crippen LogP contribution < -0.4 is 15.4 Å². The van der Waals surface area contributed by atoms with Gasteiger partial charge >= 0.3 is 6.18 Å². The predicted molar refractivity (Wildman–Crippen MR) is 106 cm³/mol. The third-order valence-electron chi connectivity index (χ3n) is 4.59. The van der Waals surface area contributed by atoms with Crippen LogP contribution in [0.25, 0.3) is 0 Å². The zero-order chi connectivity index (χ0) is 21.9. The van der Waals surface area contributed by atoms with Crippen molar-refractivity contribution in [3.8, 4) is 11.5 Å². The molecule has 2 atom stereocenters. The summed E-state index contributed by atoms with van der Waals surface area (Å²) in [6, 6.07) is 9.57. The van der Waals surface area contributed by atoms with E-state index in [1.165, 1.54) is 0 Å². The van der Waals surface area contributed by atoms with E-state index < -0.39 is 30.0 Å². The minimum atomic E-state index is -4.53. The van der Waals surface area contributed by atoms with Crippen molar-refractivity contribution in [3.63, 3.8) is 0 Å². The SMILES string of the molecule is O=C(NCc1ccc(Cl)cc1Oc1cccc(Cl)c1)C1CCC(C(F)(F)F)NC1=O. The van der Waals surface area contributed by atoms with Crippen molar-refractivity contribution >= 4 is 35.0 Å². The minimum absolute atomic E-state index is 0.00161. The van der Waals surface area contributed by atoms with Crippen molar-refractivity contribution in [1.82, 2.24) is 10.6 Å². The van der Waals surface area contributed by atoms with E-state index in [1.807, 2.05) is 5.32 Å². The Labute approximate surface area is 180 Å². The number of benzene rings is 2. The molecule has 0 aromatic heterocycles. The van der Waals surface area contributed by atoms with E-state index in [4.69, 9.17) is 27.9 Å². The summed E-state index contributed by atoms with van der Waals surface area (Å²) in [4.78, 5) is 24.3. The highest BCUT2D eigenvalue weighted by Gasteiger charge is 2.45. The maximum Gasteiger partial charge on any atom is 0.408 e. The molecule has 5 nitrogen and oxygen atoms in total. The Morgan fingerprint density at radius 2 is 1.87 bits per heavy atom. The van der Waals surface area contributed by atoms with Crippen LogP contribution in [0.2, 0.25) is 10.0 Å². The molecule has 0 radical (unpaired) electrons. The summed E-state index contributed by atoms with van der Waals surface area (Å²) in [7, 11) is 0. The summed E-state index contributed by atoms with van der Waals surface area (Å²) in [5.74, 6) is -1.95. The average molecular weight is 461 g/mol. The molecule has 1 saturated heterocycles. The quantitative estimate of drug-likeness (QED) is 0.626. The third kappa shape index (κ3) is 5.58. The van der Waals surface area contributed by atoms with Crippen molar-refractivity contribution in [2.45, 2.75) is 31.6 Å². The summed E-state index contributed by atoms with van der Waals surface area (Å²) in [6.07, 6.45) is -5.07. The lowest BCUT2D eigenvalue weighted by Gasteiger charge is -2.29. The van der Waals surface area contributed by atoms with Crippen LogP contribution in [0.4, 0.5) is 13.2 Å². The first-order valence-corrected chi connectivity index (χ1v) is 9.76. The number of ether oxygens (including phenoxy) is 1. The molecule has 2 N–H and O–H groups in total. The van der Waals surface area contributed by atoms with E-state index >= 15 is 0 Å². The smallest absolute Gasteiger partial charge is 0.408 e. The summed E-state index contributed by atoms with van der Waals surface area (Å²) >= 11 is 12.0. The van der Waals surface area contributed by atoms with Gasteiger partial charge in [-0.1, -0.05) is 35.3 Å². The van der Waals surface area contributed by atoms with Crippen LogP contribution in [-0.4, -0.2) is 24.0 Å². The molecule has 2 unspecified atom stereocenters. The van der Waals surface area contributed by atoms with Crippen molar-refractivity contribution in [2.24, 2.45) is 5.92 Å². The molecule has 0 aliphatic carbocycles. The monoisotopic (exact) mass is 460 g/mol. The summed E-state index contributed by atoms with van der Waals surface area (Å²) in [5.41, 5.74) is 0.567. The molecule has 30 heavy (non-hydrogen) atoms. The van der Waals surface area contributed by atoms with Gasteiger partial charge in [-0.15, -0.1) is 0 Å². The van der Waals surface area contributed by atoms with Crippen LogP contribution >= 0.6 is 23.2 Å². The highest BCUT2D eigenvalue weighted by molar-refractivity contribution is 6.31. The first kappa shape index (κ1) is 22.2. The maximum atomic E-state index is 12.7. The summed E-state index contributed by atoms with van der Waals surface area (Å²) in [6.45, 7) is -0.00161. The van der Waals surface area contributed by atoms with Gasteiger partial charge in [-0.3, -0.25) is 9.59 Å². The van der Waals surface area contributed by atoms with E-state index in [9.17, 15) is 22.8 Å². The maximum absolute atomic E-state index is 12.7. The zero-order valence-corrected chi connectivity index (χ0v) is 16.9. The van der Waals surface area contributed by atoms with Gasteiger partial charge in [0.15, 0.2) is 0 Å². The van der Waals surface area contributed by atoms with Crippen LogP contribution in [0.15, 0.2) is 42.5 Å². The van der Waals surface area contributed by atoms with Crippen LogP contribution in [0.5, 0.6) is 11.5 Å². The number of hydrogen-bond donors (Lipinski definition) is 2. The fraction of sp³-hybridized carbons (Fsp3) is 0.300. The van der Waals surface area contributed by atoms with Crippen LogP contribution in [0, 0.1) is 5.92 Å². The van der Waals surface area contributed by atoms with Gasteiger partial charge in [0.05, 0.1) is 0 Å². The second kappa shape index (κ2) is 9.14. The molecule has 1 aliphatic rings. The van der Waals surface area contributed by atoms with Crippen LogP contribution in [0.1, 0.15) is 18.4 Å². The van der Waals surface area contributed by atoms with Gasteiger partial charge in [0, 0.05) is 22.2 Å². The van der Waals surface area contributed by atoms with Crippen molar-refractivity contribution < 1.29 is 27.5 Å². The van der Waals surface area contributed by atoms with Gasteiger partial charge in [0.25, 0.3) is 0 Å². The molecule has 0 bridgehead atoms. The number of halogens is 5. The Morgan fingerprint density at radius 1 is 1.13 bits per heavy atom. The molecule has 1 heterocycles. The van der Waals surface area contributed by atoms with Crippen molar-refractivity contribution in [1.29, 1.82) is 0 Å². The molecule has 3 rings (SSSR count). The summed E-state index contributed by atoms with van der Waals surface area (Å²) < 4.78 is 44.0. The van der Waals surface area contributed by atoms with Crippen LogP contribution in [0.3, 0.4) is 0 Å². The fourth-order valence-electron chi connectivity index (χ4n) is 3.04. The molecule has 2 aromatic rings. The zero-order valence-electron chi connectivity index (χ0n) is 15.4. The molecule has 1 fully saturated rings. The molecule has 0 spiro atoms. The van der Waals surface area contributed by atoms with E-state index in [0.29, 0.717) is 27.1 Å². The Bertz CT molecular complexity index is 953. The average Bonchev–Trinajstić information content (AvgIpc) is 2.66. The van der Waals surface area contributed by atoms with Crippen molar-refractivity contribution in [2.75, 3.05) is 0 Å². The first-order valence-electron chi connectivity index (χ1n) is 9.00. The molecule has 1 aliphatic heterocycles. The lowest BCUT2D eigenvalue weighted by atomic mass is 9.92. The Kier molecular flexibility index (Phi) is 6.77. The first-order chi connectivity index (χ1) is 14.1. The normalized spacial score (nSPS) is 19.2. The lowest BCUT2D eigenvalue weighted by molar-refractivity contribution is -0.171. The van der Waals surface area contributed by atoms with E-state index in [0.717, 1.165) is 0 Å². The number of carbonyl (C=O) groups is 2. The number of piperidine rings is 1. The molecule has 2 amide bonds. The van der Waals surface area contributed by atoms with Gasteiger partial charge in [-0.05, 0) is 43.2 Å². The Hall–Kier alpha value is -2.45. The second-order valence-corrected chi connectivity index (χ2v) is 7.63. The van der Waals surface area contributed by atoms with E-state index in [1.54, 1.807) is 42.5 Å². The van der Waals surface area contributed by atoms with Gasteiger partial charge in [-0.2, -0.15) is 13.2 Å². The molecule has 10 heteroatoms. The Morgan fingerprint density at radius 3 is 2.53 bits per heavy atom. The number of carbonyl (C=O) groups excluding carboxylic acids is 2. The molecule has 2 aromatic carbocycles.